The fourth-order valence-electron chi connectivity index (χ4n) is 1.77. The second kappa shape index (κ2) is 3.84. The molecule has 0 aliphatic carbocycles. The molecular formula is C10H12F3NO2. The number of carboxylic acids is 1. The quantitative estimate of drug-likeness (QED) is 0.855. The Morgan fingerprint density at radius 2 is 1.94 bits per heavy atom. The molecular weight excluding hydrogens is 223 g/mol. The van der Waals surface area contributed by atoms with Crippen LogP contribution in [0.4, 0.5) is 13.2 Å². The van der Waals surface area contributed by atoms with Gasteiger partial charge in [0.15, 0.2) is 0 Å². The number of aromatic nitrogens is 1. The van der Waals surface area contributed by atoms with E-state index in [0.717, 1.165) is 10.6 Å². The molecule has 0 bridgehead atoms. The summed E-state index contributed by atoms with van der Waals surface area (Å²) >= 11 is 0. The van der Waals surface area contributed by atoms with E-state index in [-0.39, 0.29) is 0 Å². The number of carbonyl (C=O) groups is 1. The molecule has 16 heavy (non-hydrogen) atoms. The number of carboxylic acid groups (broad SMARTS) is 1. The summed E-state index contributed by atoms with van der Waals surface area (Å²) in [5.41, 5.74) is -1.49. The minimum atomic E-state index is -4.66. The van der Waals surface area contributed by atoms with Crippen molar-refractivity contribution in [3.63, 3.8) is 0 Å². The van der Waals surface area contributed by atoms with Crippen LogP contribution in [0.25, 0.3) is 0 Å². The Morgan fingerprint density at radius 3 is 2.25 bits per heavy atom. The molecule has 1 N–H and O–H groups in total. The molecule has 0 saturated carbocycles. The van der Waals surface area contributed by atoms with Gasteiger partial charge in [-0.1, -0.05) is 0 Å². The predicted molar refractivity (Wildman–Crippen MR) is 51.5 cm³/mol. The number of rotatable bonds is 2. The van der Waals surface area contributed by atoms with E-state index in [4.69, 9.17) is 5.11 Å². The van der Waals surface area contributed by atoms with Crippen LogP contribution in [0.5, 0.6) is 0 Å². The van der Waals surface area contributed by atoms with Gasteiger partial charge in [-0.05, 0) is 26.8 Å². The Bertz CT molecular complexity index is 418. The summed E-state index contributed by atoms with van der Waals surface area (Å²) in [5, 5.41) is 8.74. The number of alkyl halides is 3. The normalized spacial score (nSPS) is 12.2. The maximum absolute atomic E-state index is 12.8. The summed E-state index contributed by atoms with van der Waals surface area (Å²) < 4.78 is 39.3. The van der Waals surface area contributed by atoms with Crippen molar-refractivity contribution in [2.75, 3.05) is 0 Å². The molecule has 1 aromatic rings. The molecule has 1 rings (SSSR count). The minimum absolute atomic E-state index is 0.291. The number of aromatic carboxylic acids is 1. The molecule has 0 fully saturated rings. The summed E-state index contributed by atoms with van der Waals surface area (Å²) in [7, 11) is 0. The first-order valence-corrected chi connectivity index (χ1v) is 4.68. The lowest BCUT2D eigenvalue weighted by Gasteiger charge is -2.17. The molecule has 1 aromatic heterocycles. The molecule has 1 heterocycles. The highest BCUT2D eigenvalue weighted by molar-refractivity contribution is 5.89. The van der Waals surface area contributed by atoms with Crippen LogP contribution in [-0.2, 0) is 6.18 Å². The SMILES string of the molecule is Cc1cc(C(=O)O)c(C(F)(F)F)n1C(C)C. The minimum Gasteiger partial charge on any atom is -0.478 e. The van der Waals surface area contributed by atoms with Gasteiger partial charge in [-0.2, -0.15) is 13.2 Å². The van der Waals surface area contributed by atoms with Crippen molar-refractivity contribution in [2.45, 2.75) is 33.0 Å². The number of nitrogens with zero attached hydrogens (tertiary/aromatic N) is 1. The summed E-state index contributed by atoms with van der Waals surface area (Å²) in [6.45, 7) is 4.61. The Labute approximate surface area is 90.5 Å². The summed E-state index contributed by atoms with van der Waals surface area (Å²) in [5.74, 6) is -1.56. The van der Waals surface area contributed by atoms with E-state index >= 15 is 0 Å². The molecule has 0 aliphatic heterocycles. The Hall–Kier alpha value is -1.46. The van der Waals surface area contributed by atoms with Crippen LogP contribution in [-0.4, -0.2) is 15.6 Å². The van der Waals surface area contributed by atoms with Crippen molar-refractivity contribution in [3.05, 3.63) is 23.0 Å². The fourth-order valence-corrected chi connectivity index (χ4v) is 1.77. The van der Waals surface area contributed by atoms with Crippen molar-refractivity contribution in [3.8, 4) is 0 Å². The van der Waals surface area contributed by atoms with Crippen LogP contribution in [0, 0.1) is 6.92 Å². The lowest BCUT2D eigenvalue weighted by atomic mass is 10.2. The van der Waals surface area contributed by atoms with E-state index in [1.54, 1.807) is 13.8 Å². The molecule has 0 aliphatic rings. The number of hydrogen-bond acceptors (Lipinski definition) is 1. The monoisotopic (exact) mass is 235 g/mol. The predicted octanol–water partition coefficient (Wildman–Crippen LogP) is 3.09. The number of halogens is 3. The van der Waals surface area contributed by atoms with Crippen LogP contribution in [0.1, 0.15) is 41.6 Å². The van der Waals surface area contributed by atoms with Gasteiger partial charge in [0, 0.05) is 11.7 Å². The molecule has 0 spiro atoms. The number of aryl methyl sites for hydroxylation is 1. The molecule has 0 atom stereocenters. The molecule has 0 radical (unpaired) electrons. The zero-order valence-electron chi connectivity index (χ0n) is 9.09. The van der Waals surface area contributed by atoms with Gasteiger partial charge in [0.25, 0.3) is 0 Å². The molecule has 0 amide bonds. The Kier molecular flexibility index (Phi) is 3.03. The third kappa shape index (κ3) is 2.05. The molecule has 0 aromatic carbocycles. The lowest BCUT2D eigenvalue weighted by molar-refractivity contribution is -0.144. The van der Waals surface area contributed by atoms with Crippen molar-refractivity contribution in [1.82, 2.24) is 4.57 Å². The van der Waals surface area contributed by atoms with Crippen LogP contribution in [0.2, 0.25) is 0 Å². The van der Waals surface area contributed by atoms with Crippen molar-refractivity contribution < 1.29 is 23.1 Å². The van der Waals surface area contributed by atoms with Gasteiger partial charge >= 0.3 is 12.1 Å². The molecule has 3 nitrogen and oxygen atoms in total. The molecule has 90 valence electrons. The summed E-state index contributed by atoms with van der Waals surface area (Å²) in [6.07, 6.45) is -4.66. The van der Waals surface area contributed by atoms with Crippen molar-refractivity contribution in [1.29, 1.82) is 0 Å². The van der Waals surface area contributed by atoms with E-state index in [1.165, 1.54) is 6.92 Å². The number of hydrogen-bond donors (Lipinski definition) is 1. The highest BCUT2D eigenvalue weighted by Gasteiger charge is 2.40. The van der Waals surface area contributed by atoms with E-state index in [0.29, 0.717) is 5.69 Å². The summed E-state index contributed by atoms with van der Waals surface area (Å²) in [6, 6.07) is 0.607. The average molecular weight is 235 g/mol. The van der Waals surface area contributed by atoms with E-state index < -0.39 is 29.4 Å². The second-order valence-corrected chi connectivity index (χ2v) is 3.81. The van der Waals surface area contributed by atoms with Gasteiger partial charge in [0.05, 0.1) is 5.56 Å². The third-order valence-electron chi connectivity index (χ3n) is 2.24. The lowest BCUT2D eigenvalue weighted by Crippen LogP contribution is -2.19. The smallest absolute Gasteiger partial charge is 0.432 e. The maximum Gasteiger partial charge on any atom is 0.432 e. The highest BCUT2D eigenvalue weighted by Crippen LogP contribution is 2.36. The molecule has 6 heteroatoms. The van der Waals surface area contributed by atoms with Gasteiger partial charge < -0.3 is 9.67 Å². The first kappa shape index (κ1) is 12.6. The third-order valence-corrected chi connectivity index (χ3v) is 2.24. The first-order chi connectivity index (χ1) is 7.16. The van der Waals surface area contributed by atoms with E-state index in [1.807, 2.05) is 0 Å². The first-order valence-electron chi connectivity index (χ1n) is 4.68. The van der Waals surface area contributed by atoms with Crippen LogP contribution in [0.15, 0.2) is 6.07 Å². The highest BCUT2D eigenvalue weighted by atomic mass is 19.4. The summed E-state index contributed by atoms with van der Waals surface area (Å²) in [4.78, 5) is 10.7. The van der Waals surface area contributed by atoms with Crippen molar-refractivity contribution >= 4 is 5.97 Å². The average Bonchev–Trinajstić information content (AvgIpc) is 2.41. The second-order valence-electron chi connectivity index (χ2n) is 3.81. The zero-order valence-corrected chi connectivity index (χ0v) is 9.09. The van der Waals surface area contributed by atoms with Gasteiger partial charge in [0.1, 0.15) is 5.69 Å². The van der Waals surface area contributed by atoms with Crippen molar-refractivity contribution in [2.24, 2.45) is 0 Å². The van der Waals surface area contributed by atoms with Crippen LogP contribution < -0.4 is 0 Å². The van der Waals surface area contributed by atoms with Crippen LogP contribution >= 0.6 is 0 Å². The van der Waals surface area contributed by atoms with E-state index in [9.17, 15) is 18.0 Å². The maximum atomic E-state index is 12.8. The van der Waals surface area contributed by atoms with Gasteiger partial charge in [-0.3, -0.25) is 0 Å². The standard InChI is InChI=1S/C10H12F3NO2/c1-5(2)14-6(3)4-7(9(15)16)8(14)10(11,12)13/h4-5H,1-3H3,(H,15,16). The van der Waals surface area contributed by atoms with E-state index in [2.05, 4.69) is 0 Å². The van der Waals surface area contributed by atoms with Gasteiger partial charge in [-0.15, -0.1) is 0 Å². The fraction of sp³-hybridized carbons (Fsp3) is 0.500. The largest absolute Gasteiger partial charge is 0.478 e. The van der Waals surface area contributed by atoms with Gasteiger partial charge in [0.2, 0.25) is 0 Å². The Balaban J connectivity index is 3.56. The Morgan fingerprint density at radius 1 is 1.44 bits per heavy atom. The topological polar surface area (TPSA) is 42.2 Å². The van der Waals surface area contributed by atoms with Gasteiger partial charge in [-0.25, -0.2) is 4.79 Å². The van der Waals surface area contributed by atoms with Crippen LogP contribution in [0.3, 0.4) is 0 Å². The zero-order chi connectivity index (χ0) is 12.7. The molecule has 0 unspecified atom stereocenters. The molecule has 0 saturated heterocycles.